The maximum absolute atomic E-state index is 14.1. The standard InChI is InChI=1S/C15H24FNO4/c1-5-20-13(18)12-10-7-6-9(8-11(10)16)17(12)14(19)21-15(2,3)4/h9-12H,5-8H2,1-4H3/t9-,10-,11?,12+/m1/s1. The lowest BCUT2D eigenvalue weighted by molar-refractivity contribution is -0.162. The Morgan fingerprint density at radius 1 is 1.29 bits per heavy atom. The van der Waals surface area contributed by atoms with E-state index in [0.29, 0.717) is 12.8 Å². The highest BCUT2D eigenvalue weighted by Gasteiger charge is 2.54. The minimum atomic E-state index is -1.06. The van der Waals surface area contributed by atoms with Crippen molar-refractivity contribution in [3.05, 3.63) is 0 Å². The third-order valence-electron chi connectivity index (χ3n) is 4.03. The minimum Gasteiger partial charge on any atom is -0.464 e. The summed E-state index contributed by atoms with van der Waals surface area (Å²) >= 11 is 0. The van der Waals surface area contributed by atoms with Crippen LogP contribution in [0, 0.1) is 5.92 Å². The van der Waals surface area contributed by atoms with Gasteiger partial charge in [0.1, 0.15) is 17.8 Å². The van der Waals surface area contributed by atoms with Gasteiger partial charge in [-0.2, -0.15) is 0 Å². The number of carbonyl (C=O) groups is 2. The van der Waals surface area contributed by atoms with Crippen molar-refractivity contribution in [2.24, 2.45) is 5.92 Å². The SMILES string of the molecule is CCOC(=O)[C@@H]1[C@@H]2CC[C@H](CC2F)N1C(=O)OC(C)(C)C. The zero-order valence-corrected chi connectivity index (χ0v) is 13.1. The molecule has 2 saturated heterocycles. The molecule has 2 heterocycles. The lowest BCUT2D eigenvalue weighted by Gasteiger charge is -2.50. The molecule has 21 heavy (non-hydrogen) atoms. The van der Waals surface area contributed by atoms with Crippen molar-refractivity contribution >= 4 is 12.1 Å². The molecule has 3 aliphatic rings. The van der Waals surface area contributed by atoms with Crippen molar-refractivity contribution in [2.75, 3.05) is 6.61 Å². The summed E-state index contributed by atoms with van der Waals surface area (Å²) in [7, 11) is 0. The average molecular weight is 301 g/mol. The van der Waals surface area contributed by atoms with Crippen LogP contribution in [0.2, 0.25) is 0 Å². The molecule has 0 aromatic rings. The molecule has 4 atom stereocenters. The number of hydrogen-bond donors (Lipinski definition) is 0. The van der Waals surface area contributed by atoms with Gasteiger partial charge in [-0.1, -0.05) is 0 Å². The fourth-order valence-corrected chi connectivity index (χ4v) is 3.25. The van der Waals surface area contributed by atoms with Gasteiger partial charge in [-0.05, 0) is 47.0 Å². The Kier molecular flexibility index (Phi) is 4.44. The largest absolute Gasteiger partial charge is 0.464 e. The summed E-state index contributed by atoms with van der Waals surface area (Å²) in [6.07, 6.45) is -0.0201. The first-order valence-electron chi connectivity index (χ1n) is 7.56. The summed E-state index contributed by atoms with van der Waals surface area (Å²) in [5.74, 6) is -1.01. The molecule has 0 radical (unpaired) electrons. The topological polar surface area (TPSA) is 55.8 Å². The van der Waals surface area contributed by atoms with E-state index in [1.807, 2.05) is 0 Å². The van der Waals surface area contributed by atoms with E-state index in [1.165, 1.54) is 4.90 Å². The molecule has 1 unspecified atom stereocenters. The van der Waals surface area contributed by atoms with Gasteiger partial charge in [0.2, 0.25) is 0 Å². The van der Waals surface area contributed by atoms with Gasteiger partial charge in [0, 0.05) is 12.0 Å². The van der Waals surface area contributed by atoms with Crippen molar-refractivity contribution in [3.63, 3.8) is 0 Å². The minimum absolute atomic E-state index is 0.214. The predicted molar refractivity (Wildman–Crippen MR) is 74.5 cm³/mol. The van der Waals surface area contributed by atoms with Crippen LogP contribution in [0.3, 0.4) is 0 Å². The maximum atomic E-state index is 14.1. The van der Waals surface area contributed by atoms with E-state index in [1.54, 1.807) is 27.7 Å². The molecule has 1 saturated carbocycles. The van der Waals surface area contributed by atoms with Crippen LogP contribution in [-0.4, -0.2) is 47.4 Å². The van der Waals surface area contributed by atoms with Crippen molar-refractivity contribution in [3.8, 4) is 0 Å². The van der Waals surface area contributed by atoms with E-state index in [-0.39, 0.29) is 19.1 Å². The Balaban J connectivity index is 2.23. The van der Waals surface area contributed by atoms with Crippen LogP contribution in [0.4, 0.5) is 9.18 Å². The number of ether oxygens (including phenoxy) is 2. The monoisotopic (exact) mass is 301 g/mol. The van der Waals surface area contributed by atoms with Crippen molar-refractivity contribution in [1.82, 2.24) is 4.90 Å². The summed E-state index contributed by atoms with van der Waals surface area (Å²) in [6.45, 7) is 7.22. The maximum Gasteiger partial charge on any atom is 0.411 e. The Labute approximate surface area is 124 Å². The number of fused-ring (bicyclic) bond motifs is 3. The second-order valence-corrected chi connectivity index (χ2v) is 6.73. The van der Waals surface area contributed by atoms with Gasteiger partial charge >= 0.3 is 12.1 Å². The molecule has 6 heteroatoms. The van der Waals surface area contributed by atoms with E-state index in [4.69, 9.17) is 9.47 Å². The molecule has 1 amide bonds. The Morgan fingerprint density at radius 3 is 2.48 bits per heavy atom. The third kappa shape index (κ3) is 3.30. The second kappa shape index (κ2) is 5.81. The van der Waals surface area contributed by atoms with Crippen LogP contribution in [0.25, 0.3) is 0 Å². The number of rotatable bonds is 2. The van der Waals surface area contributed by atoms with E-state index < -0.39 is 35.8 Å². The first-order chi connectivity index (χ1) is 9.74. The summed E-state index contributed by atoms with van der Waals surface area (Å²) in [6, 6.07) is -1.14. The number of piperidine rings is 2. The van der Waals surface area contributed by atoms with Gasteiger partial charge in [-0.15, -0.1) is 0 Å². The number of carbonyl (C=O) groups excluding carboxylic acids is 2. The first kappa shape index (κ1) is 16.0. The molecule has 1 aliphatic carbocycles. The first-order valence-corrected chi connectivity index (χ1v) is 7.56. The molecular weight excluding hydrogens is 277 g/mol. The van der Waals surface area contributed by atoms with Crippen LogP contribution < -0.4 is 0 Å². The summed E-state index contributed by atoms with van der Waals surface area (Å²) in [4.78, 5) is 26.0. The van der Waals surface area contributed by atoms with Gasteiger partial charge in [0.25, 0.3) is 0 Å². The van der Waals surface area contributed by atoms with E-state index in [9.17, 15) is 14.0 Å². The quantitative estimate of drug-likeness (QED) is 0.736. The number of alkyl halides is 1. The normalized spacial score (nSPS) is 32.0. The number of esters is 1. The molecule has 0 aromatic carbocycles. The van der Waals surface area contributed by atoms with Gasteiger partial charge in [0.05, 0.1) is 6.61 Å². The smallest absolute Gasteiger partial charge is 0.411 e. The molecule has 0 N–H and O–H groups in total. The highest BCUT2D eigenvalue weighted by atomic mass is 19.1. The molecule has 120 valence electrons. The lowest BCUT2D eigenvalue weighted by atomic mass is 9.73. The molecule has 5 nitrogen and oxygen atoms in total. The van der Waals surface area contributed by atoms with Crippen molar-refractivity contribution in [1.29, 1.82) is 0 Å². The molecule has 3 fully saturated rings. The van der Waals surface area contributed by atoms with Gasteiger partial charge in [0.15, 0.2) is 0 Å². The predicted octanol–water partition coefficient (Wildman–Crippen LogP) is 2.68. The van der Waals surface area contributed by atoms with Crippen LogP contribution in [0.15, 0.2) is 0 Å². The van der Waals surface area contributed by atoms with Crippen LogP contribution in [-0.2, 0) is 14.3 Å². The molecule has 2 bridgehead atoms. The molecule has 2 aliphatic heterocycles. The number of hydrogen-bond acceptors (Lipinski definition) is 4. The highest BCUT2D eigenvalue weighted by Crippen LogP contribution is 2.42. The van der Waals surface area contributed by atoms with Crippen molar-refractivity contribution < 1.29 is 23.5 Å². The number of amides is 1. The number of halogens is 1. The summed E-state index contributed by atoms with van der Waals surface area (Å²) in [5, 5.41) is 0. The van der Waals surface area contributed by atoms with Crippen LogP contribution in [0.5, 0.6) is 0 Å². The summed E-state index contributed by atoms with van der Waals surface area (Å²) < 4.78 is 24.5. The zero-order chi connectivity index (χ0) is 15.8. The molecular formula is C15H24FNO4. The Hall–Kier alpha value is -1.33. The van der Waals surface area contributed by atoms with Crippen LogP contribution in [0.1, 0.15) is 47.0 Å². The van der Waals surface area contributed by atoms with Gasteiger partial charge in [-0.25, -0.2) is 14.0 Å². The van der Waals surface area contributed by atoms with Gasteiger partial charge in [-0.3, -0.25) is 4.90 Å². The summed E-state index contributed by atoms with van der Waals surface area (Å²) in [5.41, 5.74) is -0.651. The number of nitrogens with zero attached hydrogens (tertiary/aromatic N) is 1. The van der Waals surface area contributed by atoms with E-state index >= 15 is 0 Å². The fourth-order valence-electron chi connectivity index (χ4n) is 3.25. The molecule has 0 aromatic heterocycles. The van der Waals surface area contributed by atoms with Gasteiger partial charge < -0.3 is 9.47 Å². The van der Waals surface area contributed by atoms with E-state index in [0.717, 1.165) is 0 Å². The molecule has 0 spiro atoms. The third-order valence-corrected chi connectivity index (χ3v) is 4.03. The van der Waals surface area contributed by atoms with E-state index in [2.05, 4.69) is 0 Å². The molecule has 3 rings (SSSR count). The zero-order valence-electron chi connectivity index (χ0n) is 13.1. The average Bonchev–Trinajstić information content (AvgIpc) is 2.36. The van der Waals surface area contributed by atoms with Crippen LogP contribution >= 0.6 is 0 Å². The Morgan fingerprint density at radius 2 is 1.95 bits per heavy atom. The highest BCUT2D eigenvalue weighted by molar-refractivity contribution is 5.83. The Bertz CT molecular complexity index is 420. The van der Waals surface area contributed by atoms with Crippen molar-refractivity contribution in [2.45, 2.75) is 70.8 Å². The second-order valence-electron chi connectivity index (χ2n) is 6.73. The fraction of sp³-hybridized carbons (Fsp3) is 0.867. The lowest BCUT2D eigenvalue weighted by Crippen LogP contribution is -2.64.